The van der Waals surface area contributed by atoms with E-state index in [4.69, 9.17) is 11.1 Å². The van der Waals surface area contributed by atoms with Crippen LogP contribution < -0.4 is 5.73 Å². The van der Waals surface area contributed by atoms with Gasteiger partial charge in [-0.2, -0.15) is 0 Å². The average Bonchev–Trinajstić information content (AvgIpc) is 2.55. The Balaban J connectivity index is 2.03. The number of rotatable bonds is 3. The van der Waals surface area contributed by atoms with Crippen LogP contribution in [0.1, 0.15) is 23.5 Å². The zero-order chi connectivity index (χ0) is 15.5. The number of carbonyl (C=O) groups excluding carboxylic acids is 1. The summed E-state index contributed by atoms with van der Waals surface area (Å²) in [6, 6.07) is 19.9. The molecule has 0 fully saturated rings. The molecule has 0 saturated heterocycles. The first-order valence-corrected chi connectivity index (χ1v) is 7.35. The molecule has 2 atom stereocenters. The molecule has 3 nitrogen and oxygen atoms in total. The van der Waals surface area contributed by atoms with E-state index in [9.17, 15) is 4.79 Å². The molecule has 2 unspecified atom stereocenters. The quantitative estimate of drug-likeness (QED) is 0.894. The van der Waals surface area contributed by atoms with Crippen molar-refractivity contribution in [2.75, 3.05) is 0 Å². The summed E-state index contributed by atoms with van der Waals surface area (Å²) in [5.74, 6) is -1.07. The van der Waals surface area contributed by atoms with E-state index in [0.717, 1.165) is 16.7 Å². The molecule has 0 heterocycles. The van der Waals surface area contributed by atoms with E-state index in [2.05, 4.69) is 0 Å². The number of carbonyl (C=O) groups is 1. The van der Waals surface area contributed by atoms with Crippen LogP contribution in [-0.2, 0) is 4.79 Å². The van der Waals surface area contributed by atoms with Crippen molar-refractivity contribution in [2.45, 2.75) is 12.3 Å². The minimum Gasteiger partial charge on any atom is -0.369 e. The van der Waals surface area contributed by atoms with Crippen molar-refractivity contribution < 1.29 is 4.79 Å². The fraction of sp³-hybridized carbons (Fsp3) is 0.158. The van der Waals surface area contributed by atoms with Crippen LogP contribution in [-0.4, -0.2) is 11.6 Å². The monoisotopic (exact) mass is 290 g/mol. The number of nitrogens with one attached hydrogen (secondary N) is 1. The van der Waals surface area contributed by atoms with Crippen LogP contribution in [0.4, 0.5) is 0 Å². The predicted octanol–water partition coefficient (Wildman–Crippen LogP) is 3.38. The third-order valence-electron chi connectivity index (χ3n) is 4.19. The molecular weight excluding hydrogens is 272 g/mol. The Hall–Kier alpha value is -2.68. The lowest BCUT2D eigenvalue weighted by molar-refractivity contribution is -0.120. The molecule has 1 amide bonds. The second kappa shape index (κ2) is 5.98. The maximum atomic E-state index is 11.8. The summed E-state index contributed by atoms with van der Waals surface area (Å²) in [4.78, 5) is 11.8. The maximum absolute atomic E-state index is 11.8. The second-order valence-electron chi connectivity index (χ2n) is 5.59. The van der Waals surface area contributed by atoms with E-state index >= 15 is 0 Å². The highest BCUT2D eigenvalue weighted by Gasteiger charge is 2.35. The Bertz CT molecular complexity index is 720. The molecule has 1 aliphatic rings. The molecule has 0 bridgehead atoms. The lowest BCUT2D eigenvalue weighted by atomic mass is 9.73. The first-order chi connectivity index (χ1) is 10.7. The number of hydrogen-bond acceptors (Lipinski definition) is 2. The molecule has 110 valence electrons. The third-order valence-corrected chi connectivity index (χ3v) is 4.19. The molecular formula is C19H18N2O. The largest absolute Gasteiger partial charge is 0.369 e. The van der Waals surface area contributed by atoms with Crippen molar-refractivity contribution in [2.24, 2.45) is 11.7 Å². The normalized spacial score (nSPS) is 21.3. The van der Waals surface area contributed by atoms with E-state index in [0.29, 0.717) is 12.1 Å². The highest BCUT2D eigenvalue weighted by molar-refractivity contribution is 6.13. The van der Waals surface area contributed by atoms with Crippen molar-refractivity contribution in [3.63, 3.8) is 0 Å². The summed E-state index contributed by atoms with van der Waals surface area (Å²) < 4.78 is 0. The van der Waals surface area contributed by atoms with Gasteiger partial charge in [-0.1, -0.05) is 60.7 Å². The molecule has 22 heavy (non-hydrogen) atoms. The van der Waals surface area contributed by atoms with Crippen molar-refractivity contribution in [3.8, 4) is 0 Å². The Morgan fingerprint density at radius 3 is 2.18 bits per heavy atom. The van der Waals surface area contributed by atoms with Gasteiger partial charge in [0.15, 0.2) is 0 Å². The molecule has 3 heteroatoms. The molecule has 0 aliphatic heterocycles. The van der Waals surface area contributed by atoms with Crippen LogP contribution in [0.2, 0.25) is 0 Å². The maximum Gasteiger partial charge on any atom is 0.227 e. The van der Waals surface area contributed by atoms with Gasteiger partial charge in [-0.15, -0.1) is 0 Å². The number of amides is 1. The number of hydrogen-bond donors (Lipinski definition) is 2. The summed E-state index contributed by atoms with van der Waals surface area (Å²) in [6.45, 7) is 0. The molecule has 1 aliphatic carbocycles. The van der Waals surface area contributed by atoms with Gasteiger partial charge in [-0.05, 0) is 29.2 Å². The highest BCUT2D eigenvalue weighted by atomic mass is 16.1. The molecule has 0 spiro atoms. The van der Waals surface area contributed by atoms with Crippen molar-refractivity contribution >= 4 is 17.2 Å². The average molecular weight is 290 g/mol. The summed E-state index contributed by atoms with van der Waals surface area (Å²) in [5.41, 5.74) is 9.09. The first kappa shape index (κ1) is 14.3. The van der Waals surface area contributed by atoms with Crippen LogP contribution in [0.5, 0.6) is 0 Å². The molecule has 0 saturated carbocycles. The Morgan fingerprint density at radius 2 is 1.59 bits per heavy atom. The zero-order valence-corrected chi connectivity index (χ0v) is 12.2. The van der Waals surface area contributed by atoms with Crippen molar-refractivity contribution in [1.82, 2.24) is 0 Å². The molecule has 2 aromatic rings. The van der Waals surface area contributed by atoms with Gasteiger partial charge in [0.1, 0.15) is 0 Å². The number of primary amides is 1. The molecule has 0 radical (unpaired) electrons. The van der Waals surface area contributed by atoms with E-state index in [1.54, 1.807) is 6.08 Å². The van der Waals surface area contributed by atoms with E-state index in [1.807, 2.05) is 60.7 Å². The van der Waals surface area contributed by atoms with Crippen LogP contribution >= 0.6 is 0 Å². The molecule has 2 aromatic carbocycles. The van der Waals surface area contributed by atoms with Crippen LogP contribution in [0, 0.1) is 11.3 Å². The second-order valence-corrected chi connectivity index (χ2v) is 5.59. The van der Waals surface area contributed by atoms with Gasteiger partial charge < -0.3 is 11.1 Å². The molecule has 0 aromatic heterocycles. The molecule has 3 N–H and O–H groups in total. The summed E-state index contributed by atoms with van der Waals surface area (Å²) in [7, 11) is 0. The summed E-state index contributed by atoms with van der Waals surface area (Å²) >= 11 is 0. The van der Waals surface area contributed by atoms with Crippen LogP contribution in [0.25, 0.3) is 5.57 Å². The standard InChI is InChI=1S/C19H18N2O/c20-17-12-15(13-7-3-1-4-8-13)11-16(18(17)19(21)22)14-9-5-2-6-10-14/h1-10,12,16,18,20H,11H2,(H2,21,22). The minimum atomic E-state index is -0.560. The van der Waals surface area contributed by atoms with E-state index < -0.39 is 11.8 Å². The van der Waals surface area contributed by atoms with Gasteiger partial charge in [0.05, 0.1) is 5.92 Å². The van der Waals surface area contributed by atoms with Gasteiger partial charge in [-0.25, -0.2) is 0 Å². The Kier molecular flexibility index (Phi) is 3.88. The van der Waals surface area contributed by atoms with Gasteiger partial charge in [-0.3, -0.25) is 4.79 Å². The molecule has 3 rings (SSSR count). The van der Waals surface area contributed by atoms with Crippen LogP contribution in [0.15, 0.2) is 66.7 Å². The van der Waals surface area contributed by atoms with Crippen LogP contribution in [0.3, 0.4) is 0 Å². The summed E-state index contributed by atoms with van der Waals surface area (Å²) in [6.07, 6.45) is 2.51. The smallest absolute Gasteiger partial charge is 0.227 e. The van der Waals surface area contributed by atoms with Gasteiger partial charge >= 0.3 is 0 Å². The van der Waals surface area contributed by atoms with Crippen molar-refractivity contribution in [1.29, 1.82) is 5.41 Å². The lowest BCUT2D eigenvalue weighted by Gasteiger charge is -2.30. The fourth-order valence-corrected chi connectivity index (χ4v) is 3.12. The Labute approximate surface area is 130 Å². The topological polar surface area (TPSA) is 66.9 Å². The van der Waals surface area contributed by atoms with E-state index in [-0.39, 0.29) is 5.92 Å². The fourth-order valence-electron chi connectivity index (χ4n) is 3.12. The lowest BCUT2D eigenvalue weighted by Crippen LogP contribution is -2.36. The minimum absolute atomic E-state index is 0.0774. The predicted molar refractivity (Wildman–Crippen MR) is 88.6 cm³/mol. The Morgan fingerprint density at radius 1 is 1.00 bits per heavy atom. The highest BCUT2D eigenvalue weighted by Crippen LogP contribution is 2.39. The van der Waals surface area contributed by atoms with Gasteiger partial charge in [0.2, 0.25) is 5.91 Å². The van der Waals surface area contributed by atoms with Crippen molar-refractivity contribution in [3.05, 3.63) is 77.9 Å². The van der Waals surface area contributed by atoms with Gasteiger partial charge in [0.25, 0.3) is 0 Å². The SMILES string of the molecule is N=C1C=C(c2ccccc2)CC(c2ccccc2)C1C(N)=O. The summed E-state index contributed by atoms with van der Waals surface area (Å²) in [5, 5.41) is 8.26. The first-order valence-electron chi connectivity index (χ1n) is 7.35. The number of nitrogens with two attached hydrogens (primary N) is 1. The number of benzene rings is 2. The third kappa shape index (κ3) is 2.70. The van der Waals surface area contributed by atoms with Gasteiger partial charge in [0, 0.05) is 11.6 Å². The zero-order valence-electron chi connectivity index (χ0n) is 12.2. The van der Waals surface area contributed by atoms with E-state index in [1.165, 1.54) is 0 Å². The number of allylic oxidation sites excluding steroid dienone is 2.